The van der Waals surface area contributed by atoms with Gasteiger partial charge in [0.15, 0.2) is 0 Å². The second-order valence-corrected chi connectivity index (χ2v) is 8.08. The molecule has 6 heteroatoms. The Bertz CT molecular complexity index is 1030. The van der Waals surface area contributed by atoms with Crippen molar-refractivity contribution in [3.8, 4) is 22.6 Å². The Morgan fingerprint density at radius 1 is 1.07 bits per heavy atom. The number of methoxy groups -OCH3 is 1. The Kier molecular flexibility index (Phi) is 6.74. The summed E-state index contributed by atoms with van der Waals surface area (Å²) in [4.78, 5) is 16.7. The lowest BCUT2D eigenvalue weighted by Crippen LogP contribution is -2.27. The number of aromatic nitrogens is 1. The number of pyridine rings is 1. The van der Waals surface area contributed by atoms with Crippen LogP contribution in [0.5, 0.6) is 11.5 Å². The number of rotatable bonds is 5. The first kappa shape index (κ1) is 21.1. The summed E-state index contributed by atoms with van der Waals surface area (Å²) in [7, 11) is 1.63. The van der Waals surface area contributed by atoms with Gasteiger partial charge in [-0.25, -0.2) is 4.79 Å². The summed E-state index contributed by atoms with van der Waals surface area (Å²) in [6.07, 6.45) is 1.21. The van der Waals surface area contributed by atoms with Gasteiger partial charge in [0.25, 0.3) is 0 Å². The van der Waals surface area contributed by atoms with Crippen molar-refractivity contribution >= 4 is 28.7 Å². The molecule has 0 radical (unpaired) electrons. The molecule has 1 heterocycles. The Hall–Kier alpha value is -2.61. The first-order valence-corrected chi connectivity index (χ1v) is 10.3. The van der Waals surface area contributed by atoms with Crippen LogP contribution in [0.4, 0.5) is 4.79 Å². The van der Waals surface area contributed by atoms with Gasteiger partial charge in [-0.3, -0.25) is 4.98 Å². The Balaban J connectivity index is 1.70. The molecule has 5 nitrogen and oxygen atoms in total. The number of carbonyl (C=O) groups is 1. The predicted molar refractivity (Wildman–Crippen MR) is 122 cm³/mol. The molecule has 0 fully saturated rings. The highest BCUT2D eigenvalue weighted by Gasteiger charge is 2.12. The Labute approximate surface area is 184 Å². The number of amides is 1. The van der Waals surface area contributed by atoms with Gasteiger partial charge in [-0.15, -0.1) is 0 Å². The van der Waals surface area contributed by atoms with Crippen molar-refractivity contribution in [2.24, 2.45) is 0 Å². The number of benzene rings is 2. The van der Waals surface area contributed by atoms with Gasteiger partial charge < -0.3 is 14.8 Å². The number of aryl methyl sites for hydroxylation is 2. The van der Waals surface area contributed by atoms with Crippen molar-refractivity contribution < 1.29 is 14.3 Å². The van der Waals surface area contributed by atoms with Gasteiger partial charge in [-0.1, -0.05) is 18.2 Å². The highest BCUT2D eigenvalue weighted by molar-refractivity contribution is 14.1. The summed E-state index contributed by atoms with van der Waals surface area (Å²) in [6.45, 7) is 6.10. The summed E-state index contributed by atoms with van der Waals surface area (Å²) >= 11 is 2.28. The maximum absolute atomic E-state index is 12.3. The van der Waals surface area contributed by atoms with Crippen molar-refractivity contribution in [1.29, 1.82) is 0 Å². The topological polar surface area (TPSA) is 60.5 Å². The second kappa shape index (κ2) is 9.26. The summed E-state index contributed by atoms with van der Waals surface area (Å²) in [5.41, 5.74) is 5.71. The van der Waals surface area contributed by atoms with Crippen molar-refractivity contribution in [2.75, 3.05) is 7.11 Å². The SMILES string of the molecule is COc1c(C)cnc(CNC(=O)Oc2cc(C)cc(-c3ccc(I)cc3)c2)c1C. The number of nitrogens with one attached hydrogen (secondary N) is 1. The molecule has 0 spiro atoms. The van der Waals surface area contributed by atoms with Gasteiger partial charge in [-0.2, -0.15) is 0 Å². The average Bonchev–Trinajstić information content (AvgIpc) is 2.68. The summed E-state index contributed by atoms with van der Waals surface area (Å²) in [5, 5.41) is 2.76. The van der Waals surface area contributed by atoms with Gasteiger partial charge in [0, 0.05) is 20.9 Å². The zero-order valence-corrected chi connectivity index (χ0v) is 19.0. The third kappa shape index (κ3) is 5.26. The number of hydrogen-bond donors (Lipinski definition) is 1. The zero-order chi connectivity index (χ0) is 21.0. The molecule has 1 N–H and O–H groups in total. The molecule has 0 aliphatic heterocycles. The zero-order valence-electron chi connectivity index (χ0n) is 16.9. The fraction of sp³-hybridized carbons (Fsp3) is 0.217. The van der Waals surface area contributed by atoms with Crippen molar-refractivity contribution in [2.45, 2.75) is 27.3 Å². The lowest BCUT2D eigenvalue weighted by molar-refractivity contribution is 0.200. The van der Waals surface area contributed by atoms with Gasteiger partial charge in [0.2, 0.25) is 0 Å². The number of hydrogen-bond acceptors (Lipinski definition) is 4. The summed E-state index contributed by atoms with van der Waals surface area (Å²) < 4.78 is 12.1. The van der Waals surface area contributed by atoms with E-state index in [1.807, 2.05) is 32.9 Å². The smallest absolute Gasteiger partial charge is 0.412 e. The second-order valence-electron chi connectivity index (χ2n) is 6.83. The minimum atomic E-state index is -0.523. The molecule has 2 aromatic carbocycles. The third-order valence-corrected chi connectivity index (χ3v) is 5.31. The van der Waals surface area contributed by atoms with E-state index in [0.29, 0.717) is 5.75 Å². The van der Waals surface area contributed by atoms with Crippen LogP contribution < -0.4 is 14.8 Å². The minimum absolute atomic E-state index is 0.261. The van der Waals surface area contributed by atoms with E-state index < -0.39 is 6.09 Å². The van der Waals surface area contributed by atoms with Gasteiger partial charge in [0.1, 0.15) is 11.5 Å². The van der Waals surface area contributed by atoms with Crippen LogP contribution in [0.15, 0.2) is 48.7 Å². The molecule has 0 bridgehead atoms. The van der Waals surface area contributed by atoms with Crippen LogP contribution in [-0.4, -0.2) is 18.2 Å². The fourth-order valence-corrected chi connectivity index (χ4v) is 3.52. The molecule has 3 rings (SSSR count). The molecule has 0 unspecified atom stereocenters. The highest BCUT2D eigenvalue weighted by Crippen LogP contribution is 2.27. The average molecular weight is 502 g/mol. The lowest BCUT2D eigenvalue weighted by atomic mass is 10.0. The summed E-state index contributed by atoms with van der Waals surface area (Å²) in [6, 6.07) is 14.0. The lowest BCUT2D eigenvalue weighted by Gasteiger charge is -2.13. The first-order valence-electron chi connectivity index (χ1n) is 9.19. The third-order valence-electron chi connectivity index (χ3n) is 4.59. The van der Waals surface area contributed by atoms with Gasteiger partial charge in [0.05, 0.1) is 19.3 Å². The fourth-order valence-electron chi connectivity index (χ4n) is 3.16. The van der Waals surface area contributed by atoms with Crippen LogP contribution in [0.2, 0.25) is 0 Å². The molecular formula is C23H23IN2O3. The standard InChI is InChI=1S/C23H23IN2O3/c1-14-9-18(17-5-7-19(24)8-6-17)11-20(10-14)29-23(27)26-13-21-16(3)22(28-4)15(2)12-25-21/h5-12H,13H2,1-4H3,(H,26,27). The normalized spacial score (nSPS) is 10.5. The predicted octanol–water partition coefficient (Wildman–Crippen LogP) is 5.58. The first-order chi connectivity index (χ1) is 13.9. The molecule has 0 saturated carbocycles. The quantitative estimate of drug-likeness (QED) is 0.464. The van der Waals surface area contributed by atoms with Crippen LogP contribution >= 0.6 is 22.6 Å². The molecular weight excluding hydrogens is 479 g/mol. The molecule has 1 amide bonds. The molecule has 150 valence electrons. The van der Waals surface area contributed by atoms with E-state index >= 15 is 0 Å². The van der Waals surface area contributed by atoms with Crippen molar-refractivity contribution in [1.82, 2.24) is 10.3 Å². The number of halogens is 1. The maximum Gasteiger partial charge on any atom is 0.412 e. The molecule has 0 aliphatic rings. The van der Waals surface area contributed by atoms with Gasteiger partial charge >= 0.3 is 6.09 Å². The van der Waals surface area contributed by atoms with E-state index in [1.165, 1.54) is 3.57 Å². The molecule has 0 aliphatic carbocycles. The highest BCUT2D eigenvalue weighted by atomic mass is 127. The van der Waals surface area contributed by atoms with Crippen molar-refractivity contribution in [3.63, 3.8) is 0 Å². The summed E-state index contributed by atoms with van der Waals surface area (Å²) in [5.74, 6) is 1.29. The van der Waals surface area contributed by atoms with Crippen LogP contribution in [0, 0.1) is 24.3 Å². The monoisotopic (exact) mass is 502 g/mol. The molecule has 29 heavy (non-hydrogen) atoms. The van der Waals surface area contributed by atoms with E-state index in [2.05, 4.69) is 63.2 Å². The number of ether oxygens (including phenoxy) is 2. The molecule has 0 saturated heterocycles. The maximum atomic E-state index is 12.3. The Morgan fingerprint density at radius 3 is 2.48 bits per heavy atom. The van der Waals surface area contributed by atoms with E-state index in [-0.39, 0.29) is 6.54 Å². The molecule has 1 aromatic heterocycles. The van der Waals surface area contributed by atoms with E-state index in [0.717, 1.165) is 39.3 Å². The van der Waals surface area contributed by atoms with Gasteiger partial charge in [-0.05, 0) is 84.3 Å². The van der Waals surface area contributed by atoms with Crippen LogP contribution in [0.25, 0.3) is 11.1 Å². The van der Waals surface area contributed by atoms with Crippen molar-refractivity contribution in [3.05, 3.63) is 74.6 Å². The Morgan fingerprint density at radius 2 is 1.79 bits per heavy atom. The van der Waals surface area contributed by atoms with E-state index in [9.17, 15) is 4.79 Å². The van der Waals surface area contributed by atoms with E-state index in [4.69, 9.17) is 9.47 Å². The molecule has 3 aromatic rings. The molecule has 0 atom stereocenters. The number of carbonyl (C=O) groups excluding carboxylic acids is 1. The number of nitrogens with zero attached hydrogens (tertiary/aromatic N) is 1. The van der Waals surface area contributed by atoms with Crippen LogP contribution in [0.1, 0.15) is 22.4 Å². The largest absolute Gasteiger partial charge is 0.496 e. The van der Waals surface area contributed by atoms with Crippen LogP contribution in [-0.2, 0) is 6.54 Å². The van der Waals surface area contributed by atoms with E-state index in [1.54, 1.807) is 13.3 Å². The minimum Gasteiger partial charge on any atom is -0.496 e. The van der Waals surface area contributed by atoms with Crippen LogP contribution in [0.3, 0.4) is 0 Å².